The third-order valence-corrected chi connectivity index (χ3v) is 3.37. The van der Waals surface area contributed by atoms with Gasteiger partial charge in [0.2, 0.25) is 0 Å². The second kappa shape index (κ2) is 4.93. The molecule has 2 N–H and O–H groups in total. The molecule has 88 valence electrons. The van der Waals surface area contributed by atoms with E-state index in [1.165, 1.54) is 0 Å². The van der Waals surface area contributed by atoms with Gasteiger partial charge in [0.05, 0.1) is 35.7 Å². The Balaban J connectivity index is 2.30. The van der Waals surface area contributed by atoms with Crippen LogP contribution in [0.15, 0.2) is 18.2 Å². The maximum atomic E-state index is 6.04. The van der Waals surface area contributed by atoms with E-state index in [2.05, 4.69) is 11.8 Å². The van der Waals surface area contributed by atoms with Gasteiger partial charge in [0.15, 0.2) is 0 Å². The molecule has 1 aromatic carbocycles. The summed E-state index contributed by atoms with van der Waals surface area (Å²) in [5.41, 5.74) is 7.72. The van der Waals surface area contributed by atoms with E-state index < -0.39 is 0 Å². The van der Waals surface area contributed by atoms with Crippen molar-refractivity contribution in [1.29, 1.82) is 0 Å². The maximum absolute atomic E-state index is 6.04. The summed E-state index contributed by atoms with van der Waals surface area (Å²) in [7, 11) is 0. The molecule has 16 heavy (non-hydrogen) atoms. The Morgan fingerprint density at radius 1 is 1.56 bits per heavy atom. The van der Waals surface area contributed by atoms with E-state index in [4.69, 9.17) is 22.1 Å². The predicted molar refractivity (Wildman–Crippen MR) is 68.1 cm³/mol. The number of halogens is 1. The molecular weight excluding hydrogens is 224 g/mol. The number of benzene rings is 1. The van der Waals surface area contributed by atoms with Crippen molar-refractivity contribution in [2.24, 2.45) is 0 Å². The van der Waals surface area contributed by atoms with Crippen LogP contribution in [-0.4, -0.2) is 25.8 Å². The molecule has 4 heteroatoms. The van der Waals surface area contributed by atoms with Crippen LogP contribution in [0.2, 0.25) is 5.02 Å². The summed E-state index contributed by atoms with van der Waals surface area (Å²) < 4.78 is 5.48. The Morgan fingerprint density at radius 3 is 3.12 bits per heavy atom. The maximum Gasteiger partial charge on any atom is 0.0741 e. The van der Waals surface area contributed by atoms with Crippen LogP contribution in [0.1, 0.15) is 13.3 Å². The number of para-hydroxylation sites is 1. The largest absolute Gasteiger partial charge is 0.396 e. The van der Waals surface area contributed by atoms with Gasteiger partial charge in [0.1, 0.15) is 0 Å². The van der Waals surface area contributed by atoms with E-state index in [1.54, 1.807) is 0 Å². The van der Waals surface area contributed by atoms with E-state index in [9.17, 15) is 0 Å². The minimum absolute atomic E-state index is 0.398. The molecule has 0 saturated carbocycles. The normalized spacial score (nSPS) is 21.1. The monoisotopic (exact) mass is 240 g/mol. The van der Waals surface area contributed by atoms with E-state index in [0.717, 1.165) is 31.9 Å². The quantitative estimate of drug-likeness (QED) is 0.808. The SMILES string of the molecule is CCC1COCCN1c1cccc(Cl)c1N. The first-order valence-corrected chi connectivity index (χ1v) is 6.00. The number of rotatable bonds is 2. The molecule has 0 amide bonds. The molecule has 1 heterocycles. The van der Waals surface area contributed by atoms with Gasteiger partial charge in [-0.05, 0) is 18.6 Å². The third kappa shape index (κ3) is 2.11. The zero-order valence-electron chi connectivity index (χ0n) is 9.45. The molecule has 1 fully saturated rings. The highest BCUT2D eigenvalue weighted by Gasteiger charge is 2.23. The van der Waals surface area contributed by atoms with Gasteiger partial charge in [-0.1, -0.05) is 24.6 Å². The van der Waals surface area contributed by atoms with Crippen LogP contribution < -0.4 is 10.6 Å². The van der Waals surface area contributed by atoms with Crippen molar-refractivity contribution >= 4 is 23.0 Å². The highest BCUT2D eigenvalue weighted by atomic mass is 35.5. The zero-order chi connectivity index (χ0) is 11.5. The molecule has 1 saturated heterocycles. The number of anilines is 2. The topological polar surface area (TPSA) is 38.5 Å². The third-order valence-electron chi connectivity index (χ3n) is 3.04. The van der Waals surface area contributed by atoms with Crippen LogP contribution >= 0.6 is 11.6 Å². The number of nitrogen functional groups attached to an aromatic ring is 1. The Morgan fingerprint density at radius 2 is 2.38 bits per heavy atom. The van der Waals surface area contributed by atoms with Crippen molar-refractivity contribution in [1.82, 2.24) is 0 Å². The molecule has 1 atom stereocenters. The summed E-state index contributed by atoms with van der Waals surface area (Å²) in [6.07, 6.45) is 1.05. The first kappa shape index (κ1) is 11.6. The second-order valence-corrected chi connectivity index (χ2v) is 4.41. The minimum Gasteiger partial charge on any atom is -0.396 e. The summed E-state index contributed by atoms with van der Waals surface area (Å²) in [5, 5.41) is 0.624. The molecule has 1 aliphatic heterocycles. The summed E-state index contributed by atoms with van der Waals surface area (Å²) in [6, 6.07) is 6.18. The average molecular weight is 241 g/mol. The standard InChI is InChI=1S/C12H17ClN2O/c1-2-9-8-16-7-6-15(9)11-5-3-4-10(13)12(11)14/h3-5,9H,2,6-8,14H2,1H3. The van der Waals surface area contributed by atoms with Gasteiger partial charge in [-0.15, -0.1) is 0 Å². The average Bonchev–Trinajstić information content (AvgIpc) is 2.33. The van der Waals surface area contributed by atoms with Gasteiger partial charge in [-0.25, -0.2) is 0 Å². The highest BCUT2D eigenvalue weighted by molar-refractivity contribution is 6.33. The van der Waals surface area contributed by atoms with E-state index in [0.29, 0.717) is 16.8 Å². The van der Waals surface area contributed by atoms with E-state index in [-0.39, 0.29) is 0 Å². The van der Waals surface area contributed by atoms with Gasteiger partial charge >= 0.3 is 0 Å². The molecule has 0 radical (unpaired) electrons. The first-order chi connectivity index (χ1) is 7.74. The molecule has 0 aliphatic carbocycles. The lowest BCUT2D eigenvalue weighted by molar-refractivity contribution is 0.0931. The Labute approximate surface area is 101 Å². The Hall–Kier alpha value is -0.930. The second-order valence-electron chi connectivity index (χ2n) is 4.00. The fraction of sp³-hybridized carbons (Fsp3) is 0.500. The van der Waals surface area contributed by atoms with E-state index in [1.807, 2.05) is 18.2 Å². The number of nitrogens with zero attached hydrogens (tertiary/aromatic N) is 1. The lowest BCUT2D eigenvalue weighted by atomic mass is 10.1. The first-order valence-electron chi connectivity index (χ1n) is 5.62. The predicted octanol–water partition coefficient (Wildman–Crippen LogP) is 2.54. The summed E-state index contributed by atoms with van der Waals surface area (Å²) in [6.45, 7) is 4.56. The van der Waals surface area contributed by atoms with Crippen LogP contribution in [0.3, 0.4) is 0 Å². The summed E-state index contributed by atoms with van der Waals surface area (Å²) in [5.74, 6) is 0. The molecule has 1 aliphatic rings. The summed E-state index contributed by atoms with van der Waals surface area (Å²) in [4.78, 5) is 2.30. The van der Waals surface area contributed by atoms with Crippen molar-refractivity contribution in [3.8, 4) is 0 Å². The molecule has 0 aromatic heterocycles. The molecule has 3 nitrogen and oxygen atoms in total. The van der Waals surface area contributed by atoms with Crippen molar-refractivity contribution in [3.05, 3.63) is 23.2 Å². The Kier molecular flexibility index (Phi) is 3.56. The van der Waals surface area contributed by atoms with Crippen LogP contribution in [0.25, 0.3) is 0 Å². The molecule has 0 bridgehead atoms. The fourth-order valence-electron chi connectivity index (χ4n) is 2.09. The smallest absolute Gasteiger partial charge is 0.0741 e. The Bertz CT molecular complexity index is 370. The lowest BCUT2D eigenvalue weighted by Gasteiger charge is -2.37. The zero-order valence-corrected chi connectivity index (χ0v) is 10.2. The van der Waals surface area contributed by atoms with Gasteiger partial charge in [-0.2, -0.15) is 0 Å². The van der Waals surface area contributed by atoms with Crippen molar-refractivity contribution in [3.63, 3.8) is 0 Å². The molecule has 0 spiro atoms. The fourth-order valence-corrected chi connectivity index (χ4v) is 2.26. The molecular formula is C12H17ClN2O. The summed E-state index contributed by atoms with van der Waals surface area (Å²) >= 11 is 6.04. The van der Waals surface area contributed by atoms with Gasteiger partial charge in [0, 0.05) is 6.54 Å². The van der Waals surface area contributed by atoms with Crippen LogP contribution in [0.4, 0.5) is 11.4 Å². The van der Waals surface area contributed by atoms with Gasteiger partial charge < -0.3 is 15.4 Å². The van der Waals surface area contributed by atoms with Crippen molar-refractivity contribution in [2.45, 2.75) is 19.4 Å². The van der Waals surface area contributed by atoms with Crippen LogP contribution in [-0.2, 0) is 4.74 Å². The van der Waals surface area contributed by atoms with Crippen LogP contribution in [0.5, 0.6) is 0 Å². The minimum atomic E-state index is 0.398. The molecule has 1 aromatic rings. The van der Waals surface area contributed by atoms with Gasteiger partial charge in [0.25, 0.3) is 0 Å². The number of hydrogen-bond acceptors (Lipinski definition) is 3. The number of morpholine rings is 1. The highest BCUT2D eigenvalue weighted by Crippen LogP contribution is 2.32. The molecule has 2 rings (SSSR count). The van der Waals surface area contributed by atoms with Crippen LogP contribution in [0, 0.1) is 0 Å². The number of ether oxygens (including phenoxy) is 1. The van der Waals surface area contributed by atoms with E-state index >= 15 is 0 Å². The van der Waals surface area contributed by atoms with Crippen molar-refractivity contribution in [2.75, 3.05) is 30.4 Å². The lowest BCUT2D eigenvalue weighted by Crippen LogP contribution is -2.45. The number of hydrogen-bond donors (Lipinski definition) is 1. The molecule has 1 unspecified atom stereocenters. The number of nitrogens with two attached hydrogens (primary N) is 1. The van der Waals surface area contributed by atoms with Crippen molar-refractivity contribution < 1.29 is 4.74 Å². The van der Waals surface area contributed by atoms with Gasteiger partial charge in [-0.3, -0.25) is 0 Å².